The van der Waals surface area contributed by atoms with Crippen LogP contribution in [-0.2, 0) is 14.3 Å². The van der Waals surface area contributed by atoms with Crippen LogP contribution in [-0.4, -0.2) is 29.4 Å². The van der Waals surface area contributed by atoms with Crippen molar-refractivity contribution in [3.8, 4) is 5.75 Å². The number of carbonyl (C=O) groups is 2. The molecule has 1 fully saturated rings. The molecule has 32 heavy (non-hydrogen) atoms. The lowest BCUT2D eigenvalue weighted by Crippen LogP contribution is -2.39. The molecule has 0 N–H and O–H groups in total. The molecule has 5 rings (SSSR count). The van der Waals surface area contributed by atoms with Crippen molar-refractivity contribution in [1.82, 2.24) is 4.98 Å². The van der Waals surface area contributed by atoms with E-state index in [9.17, 15) is 9.59 Å². The number of amides is 1. The van der Waals surface area contributed by atoms with Crippen LogP contribution in [0.1, 0.15) is 61.2 Å². The van der Waals surface area contributed by atoms with Crippen molar-refractivity contribution in [3.05, 3.63) is 51.7 Å². The number of benzene rings is 1. The molecule has 6 nitrogen and oxygen atoms in total. The molecule has 3 atom stereocenters. The van der Waals surface area contributed by atoms with Gasteiger partial charge in [0, 0.05) is 4.88 Å². The number of fused-ring (bicyclic) bond motifs is 1. The molecule has 0 saturated heterocycles. The van der Waals surface area contributed by atoms with E-state index in [-0.39, 0.29) is 29.5 Å². The molecule has 1 aromatic heterocycles. The van der Waals surface area contributed by atoms with E-state index in [2.05, 4.69) is 11.9 Å². The molecule has 3 heterocycles. The van der Waals surface area contributed by atoms with E-state index < -0.39 is 6.04 Å². The average molecular weight is 453 g/mol. The molecule has 2 aromatic rings. The number of ether oxygens (including phenoxy) is 2. The zero-order valence-electron chi connectivity index (χ0n) is 18.7. The summed E-state index contributed by atoms with van der Waals surface area (Å²) in [6.45, 7) is 6.65. The highest BCUT2D eigenvalue weighted by Gasteiger charge is 2.53. The third-order valence-corrected chi connectivity index (χ3v) is 7.73. The minimum absolute atomic E-state index is 0.0631. The van der Waals surface area contributed by atoms with Crippen LogP contribution in [0.2, 0.25) is 0 Å². The Labute approximate surface area is 192 Å². The zero-order valence-corrected chi connectivity index (χ0v) is 19.5. The first-order valence-corrected chi connectivity index (χ1v) is 12.3. The summed E-state index contributed by atoms with van der Waals surface area (Å²) in [5.41, 5.74) is 2.25. The summed E-state index contributed by atoms with van der Waals surface area (Å²) in [6, 6.07) is 7.17. The maximum absolute atomic E-state index is 13.7. The van der Waals surface area contributed by atoms with Gasteiger partial charge in [-0.3, -0.25) is 14.5 Å². The summed E-state index contributed by atoms with van der Waals surface area (Å²) in [5, 5.41) is 0.607. The second kappa shape index (κ2) is 8.35. The molecule has 3 aliphatic rings. The highest BCUT2D eigenvalue weighted by atomic mass is 32.1. The molecule has 2 aliphatic heterocycles. The topological polar surface area (TPSA) is 68.7 Å². The van der Waals surface area contributed by atoms with Crippen LogP contribution in [0.3, 0.4) is 0 Å². The third-order valence-electron chi connectivity index (χ3n) is 6.66. The van der Waals surface area contributed by atoms with Crippen LogP contribution in [0.4, 0.5) is 5.13 Å². The predicted molar refractivity (Wildman–Crippen MR) is 123 cm³/mol. The van der Waals surface area contributed by atoms with Crippen LogP contribution in [0.15, 0.2) is 35.6 Å². The lowest BCUT2D eigenvalue weighted by molar-refractivity contribution is -0.131. The smallest absolute Gasteiger partial charge is 0.296 e. The van der Waals surface area contributed by atoms with Gasteiger partial charge in [-0.15, -0.1) is 11.3 Å². The molecule has 3 unspecified atom stereocenters. The van der Waals surface area contributed by atoms with E-state index in [4.69, 9.17) is 9.47 Å². The first kappa shape index (κ1) is 21.2. The molecular formula is C25H28N2O4S. The van der Waals surface area contributed by atoms with Crippen molar-refractivity contribution < 1.29 is 19.1 Å². The van der Waals surface area contributed by atoms with E-state index in [1.165, 1.54) is 11.3 Å². The van der Waals surface area contributed by atoms with Gasteiger partial charge in [-0.1, -0.05) is 25.5 Å². The Morgan fingerprint density at radius 1 is 1.16 bits per heavy atom. The number of rotatable bonds is 5. The lowest BCUT2D eigenvalue weighted by atomic mass is 9.77. The van der Waals surface area contributed by atoms with Gasteiger partial charge in [0.15, 0.2) is 16.7 Å². The summed E-state index contributed by atoms with van der Waals surface area (Å²) in [6.07, 6.45) is 4.44. The summed E-state index contributed by atoms with van der Waals surface area (Å²) in [5.74, 6) is 0.639. The van der Waals surface area contributed by atoms with Crippen molar-refractivity contribution in [2.24, 2.45) is 5.92 Å². The van der Waals surface area contributed by atoms with Gasteiger partial charge in [0.1, 0.15) is 11.9 Å². The van der Waals surface area contributed by atoms with Gasteiger partial charge in [0.05, 0.1) is 29.8 Å². The number of thiazole rings is 1. The standard InChI is InChI=1S/C25H28N2O4S/c1-4-13-30-17-11-9-16(10-12-17)21-20-22(28)18-7-5-6-8-19(18)31-23(20)24(29)27(21)25-26-14(2)15(3)32-25/h9-12,18-19,21H,4-8,13H2,1-3H3. The Hall–Kier alpha value is -2.67. The summed E-state index contributed by atoms with van der Waals surface area (Å²) in [4.78, 5) is 34.6. The van der Waals surface area contributed by atoms with Crippen molar-refractivity contribution in [2.45, 2.75) is 65.0 Å². The quantitative estimate of drug-likeness (QED) is 0.635. The monoisotopic (exact) mass is 452 g/mol. The molecule has 7 heteroatoms. The van der Waals surface area contributed by atoms with Gasteiger partial charge >= 0.3 is 0 Å². The highest BCUT2D eigenvalue weighted by molar-refractivity contribution is 7.15. The number of anilines is 1. The van der Waals surface area contributed by atoms with Crippen LogP contribution < -0.4 is 9.64 Å². The minimum atomic E-state index is -0.530. The largest absolute Gasteiger partial charge is 0.494 e. The fraction of sp³-hybridized carbons (Fsp3) is 0.480. The average Bonchev–Trinajstić information content (AvgIpc) is 3.29. The van der Waals surface area contributed by atoms with Gasteiger partial charge in [0.25, 0.3) is 5.91 Å². The second-order valence-corrected chi connectivity index (χ2v) is 9.97. The molecule has 0 radical (unpaired) electrons. The van der Waals surface area contributed by atoms with E-state index in [1.54, 1.807) is 4.90 Å². The SMILES string of the molecule is CCCOc1ccc(C2C3=C(OC4CCCCC4C3=O)C(=O)N2c2nc(C)c(C)s2)cc1. The van der Waals surface area contributed by atoms with E-state index in [0.717, 1.165) is 54.0 Å². The summed E-state index contributed by atoms with van der Waals surface area (Å²) in [7, 11) is 0. The van der Waals surface area contributed by atoms with E-state index >= 15 is 0 Å². The zero-order chi connectivity index (χ0) is 22.4. The Balaban J connectivity index is 1.59. The highest BCUT2D eigenvalue weighted by Crippen LogP contribution is 2.49. The van der Waals surface area contributed by atoms with Crippen molar-refractivity contribution in [2.75, 3.05) is 11.5 Å². The summed E-state index contributed by atoms with van der Waals surface area (Å²) >= 11 is 1.48. The molecule has 1 amide bonds. The van der Waals surface area contributed by atoms with E-state index in [0.29, 0.717) is 17.3 Å². The minimum Gasteiger partial charge on any atom is -0.494 e. The van der Waals surface area contributed by atoms with Gasteiger partial charge in [-0.05, 0) is 57.2 Å². The van der Waals surface area contributed by atoms with Crippen LogP contribution >= 0.6 is 11.3 Å². The Morgan fingerprint density at radius 2 is 1.91 bits per heavy atom. The molecule has 1 aliphatic carbocycles. The first-order valence-electron chi connectivity index (χ1n) is 11.4. The number of nitrogens with zero attached hydrogens (tertiary/aromatic N) is 2. The molecule has 0 bridgehead atoms. The van der Waals surface area contributed by atoms with Gasteiger partial charge < -0.3 is 9.47 Å². The Bertz CT molecular complexity index is 1070. The second-order valence-electron chi connectivity index (χ2n) is 8.79. The number of Topliss-reactive ketones (excluding diaryl/α,β-unsaturated/α-hetero) is 1. The van der Waals surface area contributed by atoms with Crippen LogP contribution in [0, 0.1) is 19.8 Å². The number of hydrogen-bond donors (Lipinski definition) is 0. The van der Waals surface area contributed by atoms with E-state index in [1.807, 2.05) is 38.1 Å². The number of hydrogen-bond acceptors (Lipinski definition) is 6. The molecule has 1 saturated carbocycles. The number of aryl methyl sites for hydroxylation is 2. The molecule has 0 spiro atoms. The van der Waals surface area contributed by atoms with Gasteiger partial charge in [0.2, 0.25) is 0 Å². The first-order chi connectivity index (χ1) is 15.5. The normalized spacial score (nSPS) is 25.0. The fourth-order valence-electron chi connectivity index (χ4n) is 4.88. The maximum atomic E-state index is 13.7. The Kier molecular flexibility index (Phi) is 5.53. The third kappa shape index (κ3) is 3.43. The number of aromatic nitrogens is 1. The molecular weight excluding hydrogens is 424 g/mol. The van der Waals surface area contributed by atoms with Crippen molar-refractivity contribution in [1.29, 1.82) is 0 Å². The van der Waals surface area contributed by atoms with Crippen LogP contribution in [0.25, 0.3) is 0 Å². The van der Waals surface area contributed by atoms with Gasteiger partial charge in [-0.2, -0.15) is 0 Å². The van der Waals surface area contributed by atoms with Crippen LogP contribution in [0.5, 0.6) is 5.75 Å². The Morgan fingerprint density at radius 3 is 2.59 bits per heavy atom. The number of carbonyl (C=O) groups excluding carboxylic acids is 2. The van der Waals surface area contributed by atoms with Crippen molar-refractivity contribution in [3.63, 3.8) is 0 Å². The maximum Gasteiger partial charge on any atom is 0.296 e. The fourth-order valence-corrected chi connectivity index (χ4v) is 5.82. The predicted octanol–water partition coefficient (Wildman–Crippen LogP) is 5.05. The summed E-state index contributed by atoms with van der Waals surface area (Å²) < 4.78 is 12.0. The van der Waals surface area contributed by atoms with Crippen molar-refractivity contribution >= 4 is 28.2 Å². The number of ketones is 1. The molecule has 1 aromatic carbocycles. The lowest BCUT2D eigenvalue weighted by Gasteiger charge is -2.35. The van der Waals surface area contributed by atoms with Gasteiger partial charge in [-0.25, -0.2) is 4.98 Å². The molecule has 168 valence electrons.